The summed E-state index contributed by atoms with van der Waals surface area (Å²) in [6.45, 7) is 0.626. The van der Waals surface area contributed by atoms with Crippen LogP contribution < -0.4 is 5.32 Å². The van der Waals surface area contributed by atoms with Crippen LogP contribution in [0.4, 0.5) is 0 Å². The highest BCUT2D eigenvalue weighted by Gasteiger charge is 2.35. The molecule has 1 saturated carbocycles. The summed E-state index contributed by atoms with van der Waals surface area (Å²) in [4.78, 5) is 12.1. The lowest BCUT2D eigenvalue weighted by Gasteiger charge is -2.23. The first-order valence-corrected chi connectivity index (χ1v) is 9.93. The number of amides is 1. The number of nitrogens with one attached hydrogen (secondary N) is 1. The average molecular weight is 352 g/mol. The molecule has 2 rings (SSSR count). The van der Waals surface area contributed by atoms with Gasteiger partial charge in [0.15, 0.2) is 9.84 Å². The molecule has 110 valence electrons. The summed E-state index contributed by atoms with van der Waals surface area (Å²) < 4.78 is 23.7. The predicted octanol–water partition coefficient (Wildman–Crippen LogP) is 1.88. The van der Waals surface area contributed by atoms with Gasteiger partial charge in [0.2, 0.25) is 5.91 Å². The highest BCUT2D eigenvalue weighted by molar-refractivity contribution is 9.09. The molecule has 0 aromatic carbocycles. The number of sulfone groups is 1. The predicted molar refractivity (Wildman–Crippen MR) is 79.1 cm³/mol. The smallest absolute Gasteiger partial charge is 0.238 e. The SMILES string of the molecule is O=C(NCC1CCCC1CBr)C1CCCCS1(=O)=O. The minimum absolute atomic E-state index is 0.165. The topological polar surface area (TPSA) is 63.2 Å². The standard InChI is InChI=1S/C13H22BrNO3S/c14-8-10-4-3-5-11(10)9-15-13(16)12-6-1-2-7-19(12,17)18/h10-12H,1-9H2,(H,15,16). The molecule has 3 atom stereocenters. The molecule has 6 heteroatoms. The molecule has 0 spiro atoms. The van der Waals surface area contributed by atoms with Gasteiger partial charge in [-0.2, -0.15) is 0 Å². The van der Waals surface area contributed by atoms with Gasteiger partial charge in [-0.3, -0.25) is 4.79 Å². The van der Waals surface area contributed by atoms with E-state index in [1.54, 1.807) is 0 Å². The fraction of sp³-hybridized carbons (Fsp3) is 0.923. The Morgan fingerprint density at radius 3 is 2.53 bits per heavy atom. The molecule has 0 bridgehead atoms. The number of hydrogen-bond acceptors (Lipinski definition) is 3. The molecule has 1 N–H and O–H groups in total. The van der Waals surface area contributed by atoms with Crippen LogP contribution in [-0.2, 0) is 14.6 Å². The number of carbonyl (C=O) groups excluding carboxylic acids is 1. The van der Waals surface area contributed by atoms with Gasteiger partial charge in [-0.1, -0.05) is 28.8 Å². The Kier molecular flexibility index (Phi) is 5.29. The normalized spacial score (nSPS) is 34.1. The second kappa shape index (κ2) is 6.57. The van der Waals surface area contributed by atoms with Crippen molar-refractivity contribution in [2.24, 2.45) is 11.8 Å². The highest BCUT2D eigenvalue weighted by atomic mass is 79.9. The summed E-state index contributed by atoms with van der Waals surface area (Å²) in [6, 6.07) is 0. The van der Waals surface area contributed by atoms with Crippen molar-refractivity contribution in [2.75, 3.05) is 17.6 Å². The van der Waals surface area contributed by atoms with Crippen LogP contribution in [0, 0.1) is 11.8 Å². The monoisotopic (exact) mass is 351 g/mol. The molecule has 0 aromatic rings. The van der Waals surface area contributed by atoms with E-state index in [9.17, 15) is 13.2 Å². The maximum absolute atomic E-state index is 12.1. The van der Waals surface area contributed by atoms with Gasteiger partial charge in [-0.15, -0.1) is 0 Å². The third-order valence-electron chi connectivity index (χ3n) is 4.42. The van der Waals surface area contributed by atoms with Crippen LogP contribution in [0.1, 0.15) is 38.5 Å². The Balaban J connectivity index is 1.87. The maximum atomic E-state index is 12.1. The van der Waals surface area contributed by atoms with Crippen LogP contribution in [0.25, 0.3) is 0 Å². The zero-order valence-electron chi connectivity index (χ0n) is 11.1. The zero-order chi connectivity index (χ0) is 13.9. The minimum atomic E-state index is -3.21. The Bertz CT molecular complexity index is 424. The fourth-order valence-corrected chi connectivity index (χ4v) is 5.86. The minimum Gasteiger partial charge on any atom is -0.355 e. The van der Waals surface area contributed by atoms with E-state index < -0.39 is 15.1 Å². The highest BCUT2D eigenvalue weighted by Crippen LogP contribution is 2.32. The van der Waals surface area contributed by atoms with Gasteiger partial charge in [-0.25, -0.2) is 8.42 Å². The summed E-state index contributed by atoms with van der Waals surface area (Å²) in [7, 11) is -3.21. The third-order valence-corrected chi connectivity index (χ3v) is 7.43. The van der Waals surface area contributed by atoms with Gasteiger partial charge in [0.25, 0.3) is 0 Å². The molecule has 4 nitrogen and oxygen atoms in total. The zero-order valence-corrected chi connectivity index (χ0v) is 13.5. The van der Waals surface area contributed by atoms with Crippen LogP contribution >= 0.6 is 15.9 Å². The first kappa shape index (κ1) is 15.3. The molecular weight excluding hydrogens is 330 g/mol. The Morgan fingerprint density at radius 1 is 1.11 bits per heavy atom. The molecule has 1 aliphatic heterocycles. The van der Waals surface area contributed by atoms with Crippen LogP contribution in [0.5, 0.6) is 0 Å². The van der Waals surface area contributed by atoms with Crippen molar-refractivity contribution in [1.29, 1.82) is 0 Å². The molecule has 2 fully saturated rings. The van der Waals surface area contributed by atoms with Crippen LogP contribution in [0.2, 0.25) is 0 Å². The number of halogens is 1. The fourth-order valence-electron chi connectivity index (χ4n) is 3.18. The largest absolute Gasteiger partial charge is 0.355 e. The van der Waals surface area contributed by atoms with Crippen LogP contribution in [-0.4, -0.2) is 37.2 Å². The van der Waals surface area contributed by atoms with E-state index in [2.05, 4.69) is 21.2 Å². The van der Waals surface area contributed by atoms with E-state index in [1.807, 2.05) is 0 Å². The van der Waals surface area contributed by atoms with E-state index >= 15 is 0 Å². The molecule has 19 heavy (non-hydrogen) atoms. The van der Waals surface area contributed by atoms with Gasteiger partial charge < -0.3 is 5.32 Å². The molecule has 0 radical (unpaired) electrons. The Morgan fingerprint density at radius 2 is 1.84 bits per heavy atom. The second-order valence-corrected chi connectivity index (χ2v) is 8.65. The van der Waals surface area contributed by atoms with Crippen molar-refractivity contribution < 1.29 is 13.2 Å². The van der Waals surface area contributed by atoms with Gasteiger partial charge in [-0.05, 0) is 37.5 Å². The van der Waals surface area contributed by atoms with E-state index in [4.69, 9.17) is 0 Å². The number of carbonyl (C=O) groups is 1. The first-order chi connectivity index (χ1) is 9.04. The number of rotatable bonds is 4. The van der Waals surface area contributed by atoms with Gasteiger partial charge in [0.1, 0.15) is 5.25 Å². The lowest BCUT2D eigenvalue weighted by atomic mass is 9.98. The lowest BCUT2D eigenvalue weighted by molar-refractivity contribution is -0.121. The molecule has 1 aliphatic carbocycles. The number of alkyl halides is 1. The van der Waals surface area contributed by atoms with Gasteiger partial charge in [0, 0.05) is 11.9 Å². The summed E-state index contributed by atoms with van der Waals surface area (Å²) >= 11 is 3.51. The molecular formula is C13H22BrNO3S. The Hall–Kier alpha value is -0.100. The van der Waals surface area contributed by atoms with E-state index in [0.29, 0.717) is 31.2 Å². The average Bonchev–Trinajstić information content (AvgIpc) is 2.82. The van der Waals surface area contributed by atoms with Crippen molar-refractivity contribution >= 4 is 31.7 Å². The van der Waals surface area contributed by atoms with E-state index in [1.165, 1.54) is 12.8 Å². The van der Waals surface area contributed by atoms with Gasteiger partial charge in [0.05, 0.1) is 5.75 Å². The third kappa shape index (κ3) is 3.72. The first-order valence-electron chi connectivity index (χ1n) is 7.10. The van der Waals surface area contributed by atoms with Crippen LogP contribution in [0.3, 0.4) is 0 Å². The Labute approximate surface area is 123 Å². The molecule has 1 saturated heterocycles. The molecule has 2 aliphatic rings. The van der Waals surface area contributed by atoms with E-state index in [-0.39, 0.29) is 11.7 Å². The lowest BCUT2D eigenvalue weighted by Crippen LogP contribution is -2.44. The van der Waals surface area contributed by atoms with Gasteiger partial charge >= 0.3 is 0 Å². The van der Waals surface area contributed by atoms with Crippen molar-refractivity contribution in [2.45, 2.75) is 43.8 Å². The van der Waals surface area contributed by atoms with Crippen molar-refractivity contribution in [1.82, 2.24) is 5.32 Å². The summed E-state index contributed by atoms with van der Waals surface area (Å²) in [6.07, 6.45) is 5.56. The van der Waals surface area contributed by atoms with Crippen molar-refractivity contribution in [3.63, 3.8) is 0 Å². The molecule has 3 unspecified atom stereocenters. The molecule has 0 aromatic heterocycles. The molecule has 1 heterocycles. The summed E-state index contributed by atoms with van der Waals surface area (Å²) in [5, 5.41) is 3.04. The van der Waals surface area contributed by atoms with Crippen molar-refractivity contribution in [3.05, 3.63) is 0 Å². The van der Waals surface area contributed by atoms with Crippen molar-refractivity contribution in [3.8, 4) is 0 Å². The number of hydrogen-bond donors (Lipinski definition) is 1. The summed E-state index contributed by atoms with van der Waals surface area (Å²) in [5.41, 5.74) is 0. The van der Waals surface area contributed by atoms with Crippen LogP contribution in [0.15, 0.2) is 0 Å². The summed E-state index contributed by atoms with van der Waals surface area (Å²) in [5.74, 6) is 0.997. The quantitative estimate of drug-likeness (QED) is 0.786. The second-order valence-electron chi connectivity index (χ2n) is 5.70. The molecule has 1 amide bonds. The maximum Gasteiger partial charge on any atom is 0.238 e. The van der Waals surface area contributed by atoms with E-state index in [0.717, 1.165) is 18.2 Å².